The van der Waals surface area contributed by atoms with E-state index in [9.17, 15) is 34.6 Å². The van der Waals surface area contributed by atoms with E-state index in [1.165, 1.54) is 48.5 Å². The zero-order valence-corrected chi connectivity index (χ0v) is 19.6. The molecule has 34 heavy (non-hydrogen) atoms. The van der Waals surface area contributed by atoms with Crippen molar-refractivity contribution in [3.63, 3.8) is 0 Å². The fraction of sp³-hybridized carbons (Fsp3) is 0.190. The fourth-order valence-corrected chi connectivity index (χ4v) is 4.57. The van der Waals surface area contributed by atoms with Gasteiger partial charge in [-0.25, -0.2) is 4.79 Å². The van der Waals surface area contributed by atoms with Crippen molar-refractivity contribution in [1.29, 1.82) is 0 Å². The summed E-state index contributed by atoms with van der Waals surface area (Å²) in [5.41, 5.74) is 0.000848. The number of nitro groups is 2. The van der Waals surface area contributed by atoms with Gasteiger partial charge in [0, 0.05) is 41.3 Å². The van der Waals surface area contributed by atoms with Gasteiger partial charge in [0.25, 0.3) is 23.2 Å². The Bertz CT molecular complexity index is 1110. The maximum absolute atomic E-state index is 13.4. The van der Waals surface area contributed by atoms with Crippen molar-refractivity contribution in [3.05, 3.63) is 85.5 Å². The van der Waals surface area contributed by atoms with Crippen molar-refractivity contribution < 1.29 is 24.2 Å². The number of hydrogen-bond donors (Lipinski definition) is 0. The largest absolute Gasteiger partial charge is 0.354 e. The quantitative estimate of drug-likeness (QED) is 0.168. The predicted octanol–water partition coefficient (Wildman–Crippen LogP) is 4.43. The molecule has 0 spiro atoms. The van der Waals surface area contributed by atoms with Crippen molar-refractivity contribution in [2.75, 3.05) is 11.5 Å². The van der Waals surface area contributed by atoms with Crippen molar-refractivity contribution in [2.45, 2.75) is 13.8 Å². The average molecular weight is 503 g/mol. The number of amides is 4. The second-order valence-electron chi connectivity index (χ2n) is 6.68. The number of barbiturate groups is 1. The number of carbonyl (C=O) groups excluding carboxylic acids is 3. The number of non-ortho nitro benzene ring substituents is 2. The molecule has 0 radical (unpaired) electrons. The van der Waals surface area contributed by atoms with Crippen LogP contribution in [-0.4, -0.2) is 47.8 Å². The van der Waals surface area contributed by atoms with Crippen molar-refractivity contribution in [1.82, 2.24) is 8.61 Å². The Labute approximate surface area is 202 Å². The summed E-state index contributed by atoms with van der Waals surface area (Å²) in [4.78, 5) is 60.6. The lowest BCUT2D eigenvalue weighted by atomic mass is 9.91. The Morgan fingerprint density at radius 2 is 1.09 bits per heavy atom. The molecule has 1 aliphatic heterocycles. The molecule has 1 heterocycles. The first kappa shape index (κ1) is 24.9. The molecule has 2 aromatic carbocycles. The highest BCUT2D eigenvalue weighted by molar-refractivity contribution is 7.99. The van der Waals surface area contributed by atoms with E-state index in [1.807, 2.05) is 0 Å². The molecular weight excluding hydrogens is 484 g/mol. The highest BCUT2D eigenvalue weighted by Crippen LogP contribution is 2.36. The first-order chi connectivity index (χ1) is 16.2. The number of nitrogens with zero attached hydrogens (tertiary/aromatic N) is 4. The molecule has 0 N–H and O–H groups in total. The van der Waals surface area contributed by atoms with Crippen LogP contribution >= 0.6 is 23.9 Å². The molecule has 11 nitrogen and oxygen atoms in total. The van der Waals surface area contributed by atoms with Gasteiger partial charge in [0.1, 0.15) is 5.57 Å². The Kier molecular flexibility index (Phi) is 7.68. The molecule has 3 rings (SSSR count). The van der Waals surface area contributed by atoms with Crippen LogP contribution in [0.3, 0.4) is 0 Å². The molecule has 13 heteroatoms. The van der Waals surface area contributed by atoms with E-state index in [0.29, 0.717) is 22.6 Å². The predicted molar refractivity (Wildman–Crippen MR) is 128 cm³/mol. The smallest absolute Gasteiger partial charge is 0.267 e. The molecule has 1 saturated heterocycles. The molecule has 0 aromatic heterocycles. The van der Waals surface area contributed by atoms with Crippen molar-refractivity contribution >= 4 is 58.7 Å². The topological polar surface area (TPSA) is 144 Å². The van der Waals surface area contributed by atoms with Gasteiger partial charge in [-0.2, -0.15) is 8.61 Å². The molecule has 2 aromatic rings. The standard InChI is InChI=1S/C21H18N4O7S2/c1-3-33-22-19(26)18(20(27)23(21(22)28)34-4-2)17(13-5-9-15(10-6-13)24(29)30)14-7-11-16(12-8-14)25(31)32/h5-12H,3-4H2,1-2H3. The van der Waals surface area contributed by atoms with Gasteiger partial charge in [0.2, 0.25) is 0 Å². The van der Waals surface area contributed by atoms with Crippen LogP contribution in [0.4, 0.5) is 16.2 Å². The molecule has 4 amide bonds. The fourth-order valence-electron chi connectivity index (χ4n) is 3.21. The van der Waals surface area contributed by atoms with E-state index < -0.39 is 27.7 Å². The molecule has 1 fully saturated rings. The summed E-state index contributed by atoms with van der Waals surface area (Å²) in [6.07, 6.45) is 0. The Hall–Kier alpha value is -3.71. The molecule has 1 aliphatic rings. The number of imide groups is 2. The zero-order chi connectivity index (χ0) is 25.0. The number of urea groups is 1. The van der Waals surface area contributed by atoms with Crippen LogP contribution in [0.25, 0.3) is 5.57 Å². The van der Waals surface area contributed by atoms with E-state index in [4.69, 9.17) is 0 Å². The van der Waals surface area contributed by atoms with Crippen LogP contribution in [0.15, 0.2) is 54.1 Å². The van der Waals surface area contributed by atoms with Gasteiger partial charge in [-0.05, 0) is 59.3 Å². The first-order valence-corrected chi connectivity index (χ1v) is 11.8. The van der Waals surface area contributed by atoms with Gasteiger partial charge in [-0.15, -0.1) is 0 Å². The highest BCUT2D eigenvalue weighted by Gasteiger charge is 2.44. The number of nitro benzene ring substituents is 2. The van der Waals surface area contributed by atoms with Gasteiger partial charge in [-0.3, -0.25) is 29.8 Å². The summed E-state index contributed by atoms with van der Waals surface area (Å²) in [5, 5.41) is 22.2. The lowest BCUT2D eigenvalue weighted by Gasteiger charge is -2.32. The van der Waals surface area contributed by atoms with E-state index >= 15 is 0 Å². The number of benzene rings is 2. The molecular formula is C21H18N4O7S2. The summed E-state index contributed by atoms with van der Waals surface area (Å²) in [5.74, 6) is -0.898. The molecule has 0 unspecified atom stereocenters. The minimum absolute atomic E-state index is 0.107. The van der Waals surface area contributed by atoms with E-state index in [2.05, 4.69) is 0 Å². The molecule has 0 bridgehead atoms. The molecule has 0 saturated carbocycles. The van der Waals surface area contributed by atoms with Gasteiger partial charge in [0.15, 0.2) is 0 Å². The van der Waals surface area contributed by atoms with Gasteiger partial charge in [0.05, 0.1) is 9.85 Å². The highest BCUT2D eigenvalue weighted by atomic mass is 32.2. The number of hydrogen-bond acceptors (Lipinski definition) is 9. The molecule has 176 valence electrons. The Morgan fingerprint density at radius 3 is 1.38 bits per heavy atom. The molecule has 0 atom stereocenters. The minimum atomic E-state index is -0.832. The Morgan fingerprint density at radius 1 is 0.735 bits per heavy atom. The average Bonchev–Trinajstić information content (AvgIpc) is 2.82. The zero-order valence-electron chi connectivity index (χ0n) is 18.0. The van der Waals surface area contributed by atoms with Crippen molar-refractivity contribution in [2.24, 2.45) is 0 Å². The minimum Gasteiger partial charge on any atom is -0.267 e. The van der Waals surface area contributed by atoms with E-state index in [-0.39, 0.29) is 22.5 Å². The lowest BCUT2D eigenvalue weighted by molar-refractivity contribution is -0.385. The van der Waals surface area contributed by atoms with Crippen molar-refractivity contribution in [3.8, 4) is 0 Å². The summed E-state index contributed by atoms with van der Waals surface area (Å²) in [7, 11) is 0. The van der Waals surface area contributed by atoms with Crippen LogP contribution < -0.4 is 0 Å². The van der Waals surface area contributed by atoms with E-state index in [1.54, 1.807) is 13.8 Å². The van der Waals surface area contributed by atoms with Gasteiger partial charge < -0.3 is 0 Å². The van der Waals surface area contributed by atoms with Crippen LogP contribution in [0.5, 0.6) is 0 Å². The summed E-state index contributed by atoms with van der Waals surface area (Å²) in [6.45, 7) is 3.49. The summed E-state index contributed by atoms with van der Waals surface area (Å²) < 4.78 is 1.80. The lowest BCUT2D eigenvalue weighted by Crippen LogP contribution is -2.51. The third kappa shape index (κ3) is 4.79. The van der Waals surface area contributed by atoms with Crippen LogP contribution in [0.2, 0.25) is 0 Å². The monoisotopic (exact) mass is 502 g/mol. The number of carbonyl (C=O) groups is 3. The third-order valence-electron chi connectivity index (χ3n) is 4.64. The SMILES string of the molecule is CCSN1C(=O)C(=C(c2ccc([N+](=O)[O-])cc2)c2ccc([N+](=O)[O-])cc2)C(=O)N(SCC)C1=O. The van der Waals surface area contributed by atoms with Gasteiger partial charge in [-0.1, -0.05) is 13.8 Å². The molecule has 0 aliphatic carbocycles. The van der Waals surface area contributed by atoms with Crippen LogP contribution in [-0.2, 0) is 9.59 Å². The second-order valence-corrected chi connectivity index (χ2v) is 9.08. The van der Waals surface area contributed by atoms with Crippen LogP contribution in [0.1, 0.15) is 25.0 Å². The summed E-state index contributed by atoms with van der Waals surface area (Å²) in [6, 6.07) is 9.65. The maximum atomic E-state index is 13.4. The second kappa shape index (κ2) is 10.5. The van der Waals surface area contributed by atoms with E-state index in [0.717, 1.165) is 32.5 Å². The summed E-state index contributed by atoms with van der Waals surface area (Å²) >= 11 is 1.88. The first-order valence-electron chi connectivity index (χ1n) is 9.93. The Balaban J connectivity index is 2.30. The number of rotatable bonds is 8. The van der Waals surface area contributed by atoms with Crippen LogP contribution in [0, 0.1) is 20.2 Å². The van der Waals surface area contributed by atoms with Gasteiger partial charge >= 0.3 is 6.03 Å². The normalized spacial score (nSPS) is 13.9. The third-order valence-corrected chi connectivity index (χ3v) is 6.32. The maximum Gasteiger partial charge on any atom is 0.354 e.